The second-order valence-electron chi connectivity index (χ2n) is 6.74. The number of ether oxygens (including phenoxy) is 4. The molecule has 3 aromatic carbocycles. The maximum Gasteiger partial charge on any atom is 0.231 e. The topological polar surface area (TPSA) is 49.0 Å². The lowest BCUT2D eigenvalue weighted by atomic mass is 10.1. The molecule has 0 saturated heterocycles. The molecule has 0 aliphatic carbocycles. The van der Waals surface area contributed by atoms with E-state index in [1.165, 1.54) is 0 Å². The quantitative estimate of drug-likeness (QED) is 0.574. The number of rotatable bonds is 9. The largest absolute Gasteiger partial charge is 0.490 e. The van der Waals surface area contributed by atoms with Crippen LogP contribution in [0.25, 0.3) is 0 Å². The Hall–Kier alpha value is -3.18. The molecule has 3 aromatic rings. The lowest BCUT2D eigenvalue weighted by Crippen LogP contribution is -2.14. The van der Waals surface area contributed by atoms with Crippen molar-refractivity contribution in [3.05, 3.63) is 83.4 Å². The van der Waals surface area contributed by atoms with Crippen LogP contribution in [0.1, 0.15) is 23.6 Å². The van der Waals surface area contributed by atoms with Gasteiger partial charge in [0.1, 0.15) is 6.61 Å². The molecule has 0 spiro atoms. The summed E-state index contributed by atoms with van der Waals surface area (Å²) in [7, 11) is 0. The monoisotopic (exact) mass is 391 g/mol. The van der Waals surface area contributed by atoms with Gasteiger partial charge in [-0.25, -0.2) is 0 Å². The second-order valence-corrected chi connectivity index (χ2v) is 6.74. The first kappa shape index (κ1) is 19.2. The van der Waals surface area contributed by atoms with Crippen LogP contribution in [-0.2, 0) is 19.7 Å². The minimum Gasteiger partial charge on any atom is -0.490 e. The summed E-state index contributed by atoms with van der Waals surface area (Å²) in [5.41, 5.74) is 3.33. The first-order valence-corrected chi connectivity index (χ1v) is 9.84. The minimum atomic E-state index is 0.290. The summed E-state index contributed by atoms with van der Waals surface area (Å²) in [6.07, 6.45) is 0. The zero-order valence-corrected chi connectivity index (χ0v) is 16.5. The highest BCUT2D eigenvalue weighted by Gasteiger charge is 2.14. The average Bonchev–Trinajstić information content (AvgIpc) is 3.22. The fourth-order valence-electron chi connectivity index (χ4n) is 3.26. The van der Waals surface area contributed by atoms with E-state index in [4.69, 9.17) is 18.9 Å². The molecule has 0 amide bonds. The van der Waals surface area contributed by atoms with Crippen LogP contribution < -0.4 is 24.3 Å². The summed E-state index contributed by atoms with van der Waals surface area (Å²) in [5, 5.41) is 3.49. The standard InChI is InChI=1S/C24H25NO4/c1-2-26-22-10-6-9-20(24(22)27-16-18-7-4-3-5-8-18)15-25-14-19-11-12-21-23(13-19)29-17-28-21/h3-13,25H,2,14-17H2,1H3. The van der Waals surface area contributed by atoms with Crippen molar-refractivity contribution >= 4 is 0 Å². The van der Waals surface area contributed by atoms with E-state index < -0.39 is 0 Å². The van der Waals surface area contributed by atoms with Gasteiger partial charge in [0.2, 0.25) is 6.79 Å². The Balaban J connectivity index is 1.43. The van der Waals surface area contributed by atoms with Crippen molar-refractivity contribution in [2.45, 2.75) is 26.6 Å². The van der Waals surface area contributed by atoms with E-state index in [9.17, 15) is 0 Å². The second kappa shape index (κ2) is 9.34. The molecule has 150 valence electrons. The Morgan fingerprint density at radius 2 is 1.69 bits per heavy atom. The Kier molecular flexibility index (Phi) is 6.17. The molecule has 1 heterocycles. The zero-order valence-electron chi connectivity index (χ0n) is 16.5. The van der Waals surface area contributed by atoms with E-state index in [2.05, 4.69) is 23.5 Å². The number of fused-ring (bicyclic) bond motifs is 1. The maximum atomic E-state index is 6.17. The Morgan fingerprint density at radius 3 is 2.55 bits per heavy atom. The van der Waals surface area contributed by atoms with Crippen LogP contribution in [0.2, 0.25) is 0 Å². The molecular formula is C24H25NO4. The number of hydrogen-bond donors (Lipinski definition) is 1. The first-order valence-electron chi connectivity index (χ1n) is 9.84. The van der Waals surface area contributed by atoms with Gasteiger partial charge >= 0.3 is 0 Å². The van der Waals surface area contributed by atoms with Crippen LogP contribution in [0, 0.1) is 0 Å². The van der Waals surface area contributed by atoms with Crippen LogP contribution >= 0.6 is 0 Å². The maximum absolute atomic E-state index is 6.17. The van der Waals surface area contributed by atoms with Gasteiger partial charge in [-0.1, -0.05) is 48.5 Å². The lowest BCUT2D eigenvalue weighted by Gasteiger charge is -2.16. The molecule has 5 heteroatoms. The van der Waals surface area contributed by atoms with Crippen molar-refractivity contribution in [3.63, 3.8) is 0 Å². The third-order valence-corrected chi connectivity index (χ3v) is 4.67. The van der Waals surface area contributed by atoms with Crippen molar-refractivity contribution in [2.24, 2.45) is 0 Å². The molecule has 1 aliphatic heterocycles. The third kappa shape index (κ3) is 4.81. The van der Waals surface area contributed by atoms with E-state index in [1.807, 2.05) is 55.5 Å². The minimum absolute atomic E-state index is 0.290. The fourth-order valence-corrected chi connectivity index (χ4v) is 3.26. The van der Waals surface area contributed by atoms with Crippen molar-refractivity contribution in [2.75, 3.05) is 13.4 Å². The van der Waals surface area contributed by atoms with E-state index in [-0.39, 0.29) is 0 Å². The predicted molar refractivity (Wildman–Crippen MR) is 111 cm³/mol. The van der Waals surface area contributed by atoms with Crippen molar-refractivity contribution < 1.29 is 18.9 Å². The summed E-state index contributed by atoms with van der Waals surface area (Å²) < 4.78 is 22.8. The van der Waals surface area contributed by atoms with Gasteiger partial charge in [0.15, 0.2) is 23.0 Å². The molecule has 1 N–H and O–H groups in total. The third-order valence-electron chi connectivity index (χ3n) is 4.67. The number of hydrogen-bond acceptors (Lipinski definition) is 5. The number of benzene rings is 3. The van der Waals surface area contributed by atoms with Crippen LogP contribution in [0.3, 0.4) is 0 Å². The summed E-state index contributed by atoms with van der Waals surface area (Å²) in [6, 6.07) is 22.2. The summed E-state index contributed by atoms with van der Waals surface area (Å²) in [4.78, 5) is 0. The molecule has 0 aromatic heterocycles. The van der Waals surface area contributed by atoms with E-state index in [0.29, 0.717) is 33.1 Å². The van der Waals surface area contributed by atoms with Crippen LogP contribution in [0.4, 0.5) is 0 Å². The normalized spacial score (nSPS) is 12.0. The highest BCUT2D eigenvalue weighted by atomic mass is 16.7. The molecule has 0 atom stereocenters. The van der Waals surface area contributed by atoms with Crippen molar-refractivity contribution in [1.29, 1.82) is 0 Å². The molecule has 0 fully saturated rings. The van der Waals surface area contributed by atoms with Gasteiger partial charge < -0.3 is 24.3 Å². The molecular weight excluding hydrogens is 366 g/mol. The molecule has 0 saturated carbocycles. The molecule has 5 nitrogen and oxygen atoms in total. The average molecular weight is 391 g/mol. The predicted octanol–water partition coefficient (Wildman–Crippen LogP) is 4.68. The van der Waals surface area contributed by atoms with Gasteiger partial charge in [-0.05, 0) is 36.2 Å². The Bertz CT molecular complexity index is 943. The molecule has 0 bridgehead atoms. The van der Waals surface area contributed by atoms with Gasteiger partial charge in [-0.2, -0.15) is 0 Å². The Morgan fingerprint density at radius 1 is 0.828 bits per heavy atom. The molecule has 29 heavy (non-hydrogen) atoms. The van der Waals surface area contributed by atoms with Crippen molar-refractivity contribution in [1.82, 2.24) is 5.32 Å². The van der Waals surface area contributed by atoms with Gasteiger partial charge in [-0.3, -0.25) is 0 Å². The molecule has 0 unspecified atom stereocenters. The smallest absolute Gasteiger partial charge is 0.231 e. The molecule has 4 rings (SSSR count). The fraction of sp³-hybridized carbons (Fsp3) is 0.250. The van der Waals surface area contributed by atoms with E-state index >= 15 is 0 Å². The van der Waals surface area contributed by atoms with E-state index in [0.717, 1.165) is 39.7 Å². The zero-order chi connectivity index (χ0) is 19.9. The van der Waals surface area contributed by atoms with E-state index in [1.54, 1.807) is 0 Å². The summed E-state index contributed by atoms with van der Waals surface area (Å²) in [6.45, 7) is 4.74. The van der Waals surface area contributed by atoms with Gasteiger partial charge in [0.25, 0.3) is 0 Å². The SMILES string of the molecule is CCOc1cccc(CNCc2ccc3c(c2)OCO3)c1OCc1ccccc1. The van der Waals surface area contributed by atoms with Crippen LogP contribution in [0.15, 0.2) is 66.7 Å². The summed E-state index contributed by atoms with van der Waals surface area (Å²) in [5.74, 6) is 3.16. The highest BCUT2D eigenvalue weighted by molar-refractivity contribution is 5.47. The molecule has 0 radical (unpaired) electrons. The number of nitrogens with one attached hydrogen (secondary N) is 1. The Labute approximate surface area is 171 Å². The van der Waals surface area contributed by atoms with Crippen LogP contribution in [0.5, 0.6) is 23.0 Å². The van der Waals surface area contributed by atoms with Gasteiger partial charge in [0.05, 0.1) is 6.61 Å². The first-order chi connectivity index (χ1) is 14.3. The number of para-hydroxylation sites is 1. The van der Waals surface area contributed by atoms with Crippen molar-refractivity contribution in [3.8, 4) is 23.0 Å². The van der Waals surface area contributed by atoms with Crippen LogP contribution in [-0.4, -0.2) is 13.4 Å². The van der Waals surface area contributed by atoms with Gasteiger partial charge in [-0.15, -0.1) is 0 Å². The molecule has 1 aliphatic rings. The highest BCUT2D eigenvalue weighted by Crippen LogP contribution is 2.33. The van der Waals surface area contributed by atoms with Gasteiger partial charge in [0, 0.05) is 18.7 Å². The lowest BCUT2D eigenvalue weighted by molar-refractivity contribution is 0.174. The summed E-state index contributed by atoms with van der Waals surface area (Å²) >= 11 is 0.